The van der Waals surface area contributed by atoms with Gasteiger partial charge >= 0.3 is 0 Å². The van der Waals surface area contributed by atoms with E-state index < -0.39 is 0 Å². The molecule has 0 atom stereocenters. The summed E-state index contributed by atoms with van der Waals surface area (Å²) in [6.45, 7) is 3.62. The quantitative estimate of drug-likeness (QED) is 0.392. The molecule has 0 unspecified atom stereocenters. The number of fused-ring (bicyclic) bond motifs is 1. The molecule has 4 nitrogen and oxygen atoms in total. The van der Waals surface area contributed by atoms with Gasteiger partial charge in [-0.05, 0) is 79.5 Å². The van der Waals surface area contributed by atoms with Crippen LogP contribution in [0.15, 0.2) is 30.3 Å². The highest BCUT2D eigenvalue weighted by molar-refractivity contribution is 6.38. The van der Waals surface area contributed by atoms with E-state index in [-0.39, 0.29) is 5.91 Å². The molecule has 1 amide bonds. The van der Waals surface area contributed by atoms with E-state index in [0.717, 1.165) is 53.7 Å². The van der Waals surface area contributed by atoms with E-state index in [0.29, 0.717) is 33.0 Å². The maximum Gasteiger partial charge on any atom is 0.255 e. The number of hydrogen-bond acceptors (Lipinski definition) is 2. The van der Waals surface area contributed by atoms with Gasteiger partial charge in [0.25, 0.3) is 5.91 Å². The van der Waals surface area contributed by atoms with Crippen LogP contribution < -0.4 is 0 Å². The average molecular weight is 494 g/mol. The molecule has 2 fully saturated rings. The molecular formula is C28H29Cl2N3O. The highest BCUT2D eigenvalue weighted by Gasteiger charge is 2.38. The monoisotopic (exact) mass is 493 g/mol. The second-order valence-corrected chi connectivity index (χ2v) is 10.9. The van der Waals surface area contributed by atoms with Crippen molar-refractivity contribution in [1.82, 2.24) is 9.47 Å². The van der Waals surface area contributed by atoms with Gasteiger partial charge in [-0.1, -0.05) is 36.0 Å². The molecule has 1 saturated heterocycles. The lowest BCUT2D eigenvalue weighted by Crippen LogP contribution is -2.42. The molecule has 3 aromatic rings. The van der Waals surface area contributed by atoms with Gasteiger partial charge in [-0.3, -0.25) is 4.79 Å². The van der Waals surface area contributed by atoms with Gasteiger partial charge in [-0.25, -0.2) is 0 Å². The van der Waals surface area contributed by atoms with Gasteiger partial charge in [0, 0.05) is 48.2 Å². The Balaban J connectivity index is 1.43. The lowest BCUT2D eigenvalue weighted by Gasteiger charge is -2.39. The van der Waals surface area contributed by atoms with Crippen LogP contribution in [0.5, 0.6) is 0 Å². The summed E-state index contributed by atoms with van der Waals surface area (Å²) in [7, 11) is 1.99. The maximum atomic E-state index is 13.4. The molecule has 1 aromatic heterocycles. The van der Waals surface area contributed by atoms with Crippen LogP contribution in [0.4, 0.5) is 0 Å². The Bertz CT molecular complexity index is 1320. The fourth-order valence-corrected chi connectivity index (χ4v) is 6.57. The third-order valence-corrected chi connectivity index (χ3v) is 8.93. The summed E-state index contributed by atoms with van der Waals surface area (Å²) in [4.78, 5) is 15.4. The Labute approximate surface area is 211 Å². The predicted octanol–water partition coefficient (Wildman–Crippen LogP) is 7.05. The summed E-state index contributed by atoms with van der Waals surface area (Å²) in [5.41, 5.74) is 5.49. The van der Waals surface area contributed by atoms with E-state index in [2.05, 4.69) is 16.7 Å². The standard InChI is InChI=1S/C28H29Cl2N3O/c1-18-13-19(17-31)14-25-22(18)15-20(32(25)2)16-23-24(29)6-5-21(26(23)30)27(34)33-11-9-28(10-12-33)7-3-4-8-28/h5-6,13-15H,3-4,7-12,16H2,1-2H3. The van der Waals surface area contributed by atoms with Gasteiger partial charge in [0.05, 0.1) is 22.2 Å². The molecule has 2 heterocycles. The molecule has 1 aliphatic heterocycles. The molecular weight excluding hydrogens is 465 g/mol. The number of benzene rings is 2. The lowest BCUT2D eigenvalue weighted by molar-refractivity contribution is 0.0587. The van der Waals surface area contributed by atoms with Crippen molar-refractivity contribution in [1.29, 1.82) is 5.26 Å². The zero-order chi connectivity index (χ0) is 24.0. The molecule has 5 rings (SSSR count). The van der Waals surface area contributed by atoms with Crippen LogP contribution >= 0.6 is 23.2 Å². The molecule has 1 saturated carbocycles. The summed E-state index contributed by atoms with van der Waals surface area (Å²) in [5.74, 6) is 0.00214. The minimum absolute atomic E-state index is 0.00214. The summed E-state index contributed by atoms with van der Waals surface area (Å²) >= 11 is 13.4. The summed E-state index contributed by atoms with van der Waals surface area (Å²) in [6.07, 6.45) is 7.96. The van der Waals surface area contributed by atoms with Gasteiger partial charge < -0.3 is 9.47 Å². The van der Waals surface area contributed by atoms with Crippen molar-refractivity contribution in [2.24, 2.45) is 12.5 Å². The fraction of sp³-hybridized carbons (Fsp3) is 0.429. The van der Waals surface area contributed by atoms with Crippen molar-refractivity contribution in [3.63, 3.8) is 0 Å². The number of aryl methyl sites for hydroxylation is 2. The van der Waals surface area contributed by atoms with E-state index in [1.165, 1.54) is 25.7 Å². The minimum Gasteiger partial charge on any atom is -0.347 e. The van der Waals surface area contributed by atoms with Gasteiger partial charge in [-0.2, -0.15) is 5.26 Å². The first kappa shape index (κ1) is 23.3. The number of likely N-dealkylation sites (tertiary alicyclic amines) is 1. The first-order valence-corrected chi connectivity index (χ1v) is 12.8. The van der Waals surface area contributed by atoms with Crippen LogP contribution in [0.3, 0.4) is 0 Å². The van der Waals surface area contributed by atoms with Crippen molar-refractivity contribution in [3.05, 3.63) is 68.3 Å². The number of carbonyl (C=O) groups excluding carboxylic acids is 1. The Hall–Kier alpha value is -2.48. The predicted molar refractivity (Wildman–Crippen MR) is 138 cm³/mol. The van der Waals surface area contributed by atoms with Crippen LogP contribution in [0.25, 0.3) is 10.9 Å². The third-order valence-electron chi connectivity index (χ3n) is 8.15. The van der Waals surface area contributed by atoms with Crippen LogP contribution in [-0.4, -0.2) is 28.5 Å². The molecule has 1 spiro atoms. The fourth-order valence-electron chi connectivity index (χ4n) is 5.98. The number of rotatable bonds is 3. The Kier molecular flexibility index (Phi) is 6.12. The number of piperidine rings is 1. The molecule has 1 aliphatic carbocycles. The van der Waals surface area contributed by atoms with Crippen LogP contribution in [0.2, 0.25) is 10.0 Å². The van der Waals surface area contributed by atoms with Crippen LogP contribution in [-0.2, 0) is 13.5 Å². The van der Waals surface area contributed by atoms with Crippen LogP contribution in [0, 0.1) is 23.7 Å². The Morgan fingerprint density at radius 1 is 1.09 bits per heavy atom. The maximum absolute atomic E-state index is 13.4. The average Bonchev–Trinajstić information content (AvgIpc) is 3.41. The van der Waals surface area contributed by atoms with Gasteiger partial charge in [0.15, 0.2) is 0 Å². The number of nitriles is 1. The highest BCUT2D eigenvalue weighted by atomic mass is 35.5. The molecule has 0 radical (unpaired) electrons. The van der Waals surface area contributed by atoms with E-state index >= 15 is 0 Å². The second-order valence-electron chi connectivity index (χ2n) is 10.1. The second kappa shape index (κ2) is 8.95. The zero-order valence-corrected chi connectivity index (χ0v) is 21.3. The van der Waals surface area contributed by atoms with Crippen molar-refractivity contribution in [2.75, 3.05) is 13.1 Å². The Morgan fingerprint density at radius 3 is 2.47 bits per heavy atom. The number of hydrogen-bond donors (Lipinski definition) is 0. The van der Waals surface area contributed by atoms with E-state index in [1.807, 2.05) is 31.0 Å². The van der Waals surface area contributed by atoms with Crippen molar-refractivity contribution >= 4 is 40.0 Å². The highest BCUT2D eigenvalue weighted by Crippen LogP contribution is 2.46. The number of amides is 1. The molecule has 176 valence electrons. The molecule has 6 heteroatoms. The number of aromatic nitrogens is 1. The third kappa shape index (κ3) is 4.00. The molecule has 34 heavy (non-hydrogen) atoms. The summed E-state index contributed by atoms with van der Waals surface area (Å²) in [5, 5.41) is 11.5. The lowest BCUT2D eigenvalue weighted by atomic mass is 9.77. The van der Waals surface area contributed by atoms with Gasteiger partial charge in [-0.15, -0.1) is 0 Å². The van der Waals surface area contributed by atoms with E-state index in [4.69, 9.17) is 23.2 Å². The van der Waals surface area contributed by atoms with Gasteiger partial charge in [0.1, 0.15) is 0 Å². The Morgan fingerprint density at radius 2 is 1.79 bits per heavy atom. The molecule has 0 bridgehead atoms. The van der Waals surface area contributed by atoms with Crippen molar-refractivity contribution in [3.8, 4) is 6.07 Å². The summed E-state index contributed by atoms with van der Waals surface area (Å²) in [6, 6.07) is 11.7. The summed E-state index contributed by atoms with van der Waals surface area (Å²) < 4.78 is 2.08. The SMILES string of the molecule is Cc1cc(C#N)cc2c1cc(Cc1c(Cl)ccc(C(=O)N3CCC4(CCCC4)CC3)c1Cl)n2C. The first-order chi connectivity index (χ1) is 16.3. The molecule has 2 aromatic carbocycles. The smallest absolute Gasteiger partial charge is 0.255 e. The first-order valence-electron chi connectivity index (χ1n) is 12.1. The van der Waals surface area contributed by atoms with Crippen LogP contribution in [0.1, 0.15) is 71.3 Å². The topological polar surface area (TPSA) is 49.0 Å². The number of nitrogens with zero attached hydrogens (tertiary/aromatic N) is 3. The largest absolute Gasteiger partial charge is 0.347 e. The number of carbonyl (C=O) groups is 1. The minimum atomic E-state index is 0.00214. The van der Waals surface area contributed by atoms with Crippen molar-refractivity contribution in [2.45, 2.75) is 51.9 Å². The van der Waals surface area contributed by atoms with E-state index in [1.54, 1.807) is 12.1 Å². The zero-order valence-electron chi connectivity index (χ0n) is 19.8. The number of halogens is 2. The normalized spacial score (nSPS) is 17.4. The molecule has 2 aliphatic rings. The molecule has 0 N–H and O–H groups in total. The van der Waals surface area contributed by atoms with Crippen molar-refractivity contribution < 1.29 is 4.79 Å². The van der Waals surface area contributed by atoms with E-state index in [9.17, 15) is 10.1 Å². The van der Waals surface area contributed by atoms with Gasteiger partial charge in [0.2, 0.25) is 0 Å².